The van der Waals surface area contributed by atoms with E-state index in [1.54, 1.807) is 0 Å². The summed E-state index contributed by atoms with van der Waals surface area (Å²) in [6, 6.07) is 13.1. The van der Waals surface area contributed by atoms with Gasteiger partial charge in [-0.15, -0.1) is 0 Å². The second kappa shape index (κ2) is 10.0. The SMILES string of the molecule is NCCCNC(=O)c1cccc(C2=c3cc4c5c(c3Oc3c2cc2c6c3CCCN6CCC2)CCC[N+]=5CCC4)c1. The molecule has 41 heavy (non-hydrogen) atoms. The molecule has 0 aromatic heterocycles. The molecule has 1 amide bonds. The van der Waals surface area contributed by atoms with Crippen molar-refractivity contribution in [2.24, 2.45) is 5.73 Å². The van der Waals surface area contributed by atoms with Gasteiger partial charge < -0.3 is 20.7 Å². The predicted octanol–water partition coefficient (Wildman–Crippen LogP) is 3.20. The number of carbonyl (C=O) groups is 1. The second-order valence-corrected chi connectivity index (χ2v) is 12.3. The van der Waals surface area contributed by atoms with Crippen LogP contribution in [-0.4, -0.2) is 45.2 Å². The zero-order chi connectivity index (χ0) is 27.5. The fourth-order valence-electron chi connectivity index (χ4n) is 8.05. The Balaban J connectivity index is 1.41. The van der Waals surface area contributed by atoms with Crippen molar-refractivity contribution < 1.29 is 9.53 Å². The highest BCUT2D eigenvalue weighted by Gasteiger charge is 2.35. The Bertz CT molecular complexity index is 1720. The van der Waals surface area contributed by atoms with Crippen LogP contribution in [0.2, 0.25) is 0 Å². The molecule has 3 aromatic rings. The van der Waals surface area contributed by atoms with Crippen LogP contribution in [0.15, 0.2) is 36.4 Å². The summed E-state index contributed by atoms with van der Waals surface area (Å²) in [4.78, 5) is 15.7. The average Bonchev–Trinajstić information content (AvgIpc) is 3.01. The molecule has 0 atom stereocenters. The first-order valence-electron chi connectivity index (χ1n) is 15.7. The maximum Gasteiger partial charge on any atom is 0.251 e. The fraction of sp³-hybridized carbons (Fsp3) is 0.429. The number of hydrogen-bond acceptors (Lipinski definition) is 4. The van der Waals surface area contributed by atoms with E-state index in [1.165, 1.54) is 62.5 Å². The Hall–Kier alpha value is -3.64. The van der Waals surface area contributed by atoms with E-state index in [9.17, 15) is 4.79 Å². The molecule has 0 spiro atoms. The van der Waals surface area contributed by atoms with E-state index >= 15 is 0 Å². The number of carbonyl (C=O) groups excluding carboxylic acids is 1. The second-order valence-electron chi connectivity index (χ2n) is 12.3. The number of benzene rings is 3. The van der Waals surface area contributed by atoms with Crippen LogP contribution >= 0.6 is 0 Å². The first kappa shape index (κ1) is 25.1. The molecule has 0 radical (unpaired) electrons. The number of amides is 1. The molecule has 0 fully saturated rings. The highest BCUT2D eigenvalue weighted by Crippen LogP contribution is 2.48. The third-order valence-electron chi connectivity index (χ3n) is 9.77. The fourth-order valence-corrected chi connectivity index (χ4v) is 8.05. The average molecular weight is 548 g/mol. The maximum absolute atomic E-state index is 13.1. The lowest BCUT2D eigenvalue weighted by Gasteiger charge is -2.39. The van der Waals surface area contributed by atoms with Crippen LogP contribution in [0.25, 0.3) is 5.57 Å². The number of fused-ring (bicyclic) bond motifs is 4. The van der Waals surface area contributed by atoms with Crippen molar-refractivity contribution >= 4 is 17.2 Å². The molecule has 210 valence electrons. The van der Waals surface area contributed by atoms with Gasteiger partial charge in [-0.25, -0.2) is 4.58 Å². The van der Waals surface area contributed by atoms with Crippen LogP contribution in [0, 0.1) is 0 Å². The first-order chi connectivity index (χ1) is 20.2. The van der Waals surface area contributed by atoms with Gasteiger partial charge in [0.1, 0.15) is 24.6 Å². The summed E-state index contributed by atoms with van der Waals surface area (Å²) in [6.07, 6.45) is 9.84. The molecule has 5 aliphatic heterocycles. The Morgan fingerprint density at radius 2 is 1.73 bits per heavy atom. The molecule has 3 aromatic carbocycles. The highest BCUT2D eigenvalue weighted by molar-refractivity contribution is 5.96. The van der Waals surface area contributed by atoms with Crippen LogP contribution in [0.1, 0.15) is 75.8 Å². The van der Waals surface area contributed by atoms with Crippen LogP contribution in [-0.2, 0) is 25.7 Å². The van der Waals surface area contributed by atoms with Crippen LogP contribution in [0.3, 0.4) is 0 Å². The van der Waals surface area contributed by atoms with Gasteiger partial charge in [0, 0.05) is 71.2 Å². The number of aryl methyl sites for hydroxylation is 2. The van der Waals surface area contributed by atoms with Gasteiger partial charge in [-0.1, -0.05) is 12.1 Å². The molecule has 5 heterocycles. The smallest absolute Gasteiger partial charge is 0.251 e. The Labute approximate surface area is 241 Å². The molecule has 0 unspecified atom stereocenters. The van der Waals surface area contributed by atoms with E-state index in [0.717, 1.165) is 88.2 Å². The topological polar surface area (TPSA) is 70.6 Å². The third kappa shape index (κ3) is 4.02. The standard InChI is InChI=1S/C35H38N4O2/c36-13-6-14-37-35(40)25-8-1-7-22(19-25)30-28-20-23-9-2-15-38-17-4-11-26(31(23)38)33(28)41-34-27-12-5-18-39-16-3-10-24(32(27)39)21-29(30)34/h1,7-8,19-21H,2-6,9-18,36H2/p+1. The molecule has 6 nitrogen and oxygen atoms in total. The molecular formula is C35H39N4O2+. The summed E-state index contributed by atoms with van der Waals surface area (Å²) < 4.78 is 9.75. The monoisotopic (exact) mass is 547 g/mol. The molecule has 5 aliphatic rings. The molecule has 3 N–H and O–H groups in total. The summed E-state index contributed by atoms with van der Waals surface area (Å²) in [5, 5.41) is 5.68. The van der Waals surface area contributed by atoms with Gasteiger partial charge in [0.15, 0.2) is 0 Å². The van der Waals surface area contributed by atoms with Crippen LogP contribution < -0.4 is 35.8 Å². The van der Waals surface area contributed by atoms with Crippen molar-refractivity contribution in [1.29, 1.82) is 0 Å². The van der Waals surface area contributed by atoms with Gasteiger partial charge >= 0.3 is 0 Å². The van der Waals surface area contributed by atoms with Gasteiger partial charge in [0.2, 0.25) is 5.36 Å². The Morgan fingerprint density at radius 3 is 2.61 bits per heavy atom. The quantitative estimate of drug-likeness (QED) is 0.298. The van der Waals surface area contributed by atoms with Crippen molar-refractivity contribution in [3.8, 4) is 11.5 Å². The maximum atomic E-state index is 13.1. The molecule has 0 saturated carbocycles. The number of nitrogens with one attached hydrogen (secondary N) is 1. The van der Waals surface area contributed by atoms with Gasteiger partial charge in [-0.2, -0.15) is 0 Å². The van der Waals surface area contributed by atoms with Crippen molar-refractivity contribution in [2.75, 3.05) is 44.2 Å². The van der Waals surface area contributed by atoms with Gasteiger partial charge in [0.05, 0.1) is 5.56 Å². The van der Waals surface area contributed by atoms with Crippen LogP contribution in [0.5, 0.6) is 11.5 Å². The number of rotatable bonds is 5. The highest BCUT2D eigenvalue weighted by atomic mass is 16.5. The summed E-state index contributed by atoms with van der Waals surface area (Å²) in [6.45, 7) is 5.72. The lowest BCUT2D eigenvalue weighted by molar-refractivity contribution is 0.0953. The van der Waals surface area contributed by atoms with E-state index in [2.05, 4.69) is 39.1 Å². The molecule has 0 aliphatic carbocycles. The zero-order valence-electron chi connectivity index (χ0n) is 23.9. The predicted molar refractivity (Wildman–Crippen MR) is 163 cm³/mol. The number of nitrogens with two attached hydrogens (primary N) is 1. The van der Waals surface area contributed by atoms with Crippen molar-refractivity contribution in [3.63, 3.8) is 0 Å². The van der Waals surface area contributed by atoms with Gasteiger partial charge in [0.25, 0.3) is 5.91 Å². The van der Waals surface area contributed by atoms with Gasteiger partial charge in [-0.3, -0.25) is 4.79 Å². The normalized spacial score (nSPS) is 18.1. The summed E-state index contributed by atoms with van der Waals surface area (Å²) >= 11 is 0. The number of hydrogen-bond donors (Lipinski definition) is 2. The molecule has 8 rings (SSSR count). The summed E-state index contributed by atoms with van der Waals surface area (Å²) in [5.74, 6) is 2.07. The summed E-state index contributed by atoms with van der Waals surface area (Å²) in [5.41, 5.74) is 17.0. The van der Waals surface area contributed by atoms with E-state index in [1.807, 2.05) is 12.1 Å². The number of anilines is 1. The van der Waals surface area contributed by atoms with E-state index < -0.39 is 0 Å². The molecular weight excluding hydrogens is 508 g/mol. The minimum atomic E-state index is -0.0410. The van der Waals surface area contributed by atoms with Crippen molar-refractivity contribution in [3.05, 3.63) is 85.9 Å². The summed E-state index contributed by atoms with van der Waals surface area (Å²) in [7, 11) is 0. The lowest BCUT2D eigenvalue weighted by atomic mass is 9.82. The molecule has 6 heteroatoms. The first-order valence-corrected chi connectivity index (χ1v) is 15.7. The van der Waals surface area contributed by atoms with Gasteiger partial charge in [-0.05, 0) is 86.9 Å². The number of ether oxygens (including phenoxy) is 1. The van der Waals surface area contributed by atoms with Crippen LogP contribution in [0.4, 0.5) is 5.69 Å². The molecule has 0 saturated heterocycles. The molecule has 0 bridgehead atoms. The van der Waals surface area contributed by atoms with Crippen molar-refractivity contribution in [1.82, 2.24) is 9.89 Å². The zero-order valence-corrected chi connectivity index (χ0v) is 23.9. The van der Waals surface area contributed by atoms with E-state index in [4.69, 9.17) is 10.5 Å². The Kier molecular flexibility index (Phi) is 6.13. The third-order valence-corrected chi connectivity index (χ3v) is 9.77. The minimum absolute atomic E-state index is 0.0410. The Morgan fingerprint density at radius 1 is 0.927 bits per heavy atom. The van der Waals surface area contributed by atoms with Crippen molar-refractivity contribution in [2.45, 2.75) is 57.8 Å². The van der Waals surface area contributed by atoms with E-state index in [0.29, 0.717) is 18.7 Å². The lowest BCUT2D eigenvalue weighted by Crippen LogP contribution is -2.45. The largest absolute Gasteiger partial charge is 0.455 e. The van der Waals surface area contributed by atoms with E-state index in [-0.39, 0.29) is 5.91 Å². The number of nitrogens with zero attached hydrogens (tertiary/aromatic N) is 2. The minimum Gasteiger partial charge on any atom is -0.455 e.